The molecule has 1 nitrogen and oxygen atoms in total. The summed E-state index contributed by atoms with van der Waals surface area (Å²) in [4.78, 5) is 0. The van der Waals surface area contributed by atoms with Gasteiger partial charge in [-0.2, -0.15) is 0 Å². The first-order chi connectivity index (χ1) is 23.4. The molecule has 0 aromatic rings. The molecule has 0 aromatic heterocycles. The van der Waals surface area contributed by atoms with Crippen LogP contribution in [-0.2, 0) is 4.74 Å². The molecule has 4 rings (SSSR count). The Hall–Kier alpha value is -0.560. The predicted molar refractivity (Wildman–Crippen MR) is 240 cm³/mol. The molecule has 53 heavy (non-hydrogen) atoms. The van der Waals surface area contributed by atoms with Gasteiger partial charge in [-0.3, -0.25) is 0 Å². The van der Waals surface area contributed by atoms with Crippen LogP contribution < -0.4 is 0 Å². The van der Waals surface area contributed by atoms with E-state index in [1.54, 1.807) is 0 Å². The van der Waals surface area contributed by atoms with E-state index < -0.39 is 0 Å². The van der Waals surface area contributed by atoms with Gasteiger partial charge in [-0.25, -0.2) is 0 Å². The van der Waals surface area contributed by atoms with Crippen molar-refractivity contribution in [3.63, 3.8) is 0 Å². The molecule has 1 saturated carbocycles. The number of rotatable bonds is 0. The molecule has 1 saturated heterocycles. The highest BCUT2D eigenvalue weighted by Crippen LogP contribution is 2.51. The summed E-state index contributed by atoms with van der Waals surface area (Å²) in [7, 11) is 0. The summed E-state index contributed by atoms with van der Waals surface area (Å²) in [6, 6.07) is 0. The van der Waals surface area contributed by atoms with Gasteiger partial charge in [-0.05, 0) is 123 Å². The molecule has 8 unspecified atom stereocenters. The standard InChI is InChI=1S/C13H26O.C13H26.2C13H24/c1-12(2,3)10-7-8-14-9-11(10)13(4,5)6;3*1-12(2,3)10-8-7-9-11(10)13(4,5)6/h10-11H,7-9H2,1-6H3;10-11H,7-9H2,1-6H3;2*7-8,10-11H,9H2,1-6H3. The van der Waals surface area contributed by atoms with Crippen molar-refractivity contribution >= 4 is 0 Å². The van der Waals surface area contributed by atoms with Crippen LogP contribution in [0.3, 0.4) is 0 Å². The monoisotopic (exact) mass is 741 g/mol. The van der Waals surface area contributed by atoms with E-state index >= 15 is 0 Å². The zero-order chi connectivity index (χ0) is 41.8. The minimum Gasteiger partial charge on any atom is -0.381 e. The van der Waals surface area contributed by atoms with E-state index in [-0.39, 0.29) is 0 Å². The zero-order valence-corrected chi connectivity index (χ0v) is 41.0. The van der Waals surface area contributed by atoms with Crippen molar-refractivity contribution in [2.75, 3.05) is 13.2 Å². The van der Waals surface area contributed by atoms with Crippen LogP contribution in [0.15, 0.2) is 24.3 Å². The fourth-order valence-electron chi connectivity index (χ4n) is 10.5. The van der Waals surface area contributed by atoms with Crippen molar-refractivity contribution in [2.24, 2.45) is 90.7 Å². The largest absolute Gasteiger partial charge is 0.381 e. The normalized spacial score (nSPS) is 30.2. The minimum absolute atomic E-state index is 0.373. The van der Waals surface area contributed by atoms with Crippen molar-refractivity contribution in [2.45, 2.75) is 205 Å². The third-order valence-corrected chi connectivity index (χ3v) is 13.9. The molecule has 314 valence electrons. The van der Waals surface area contributed by atoms with Gasteiger partial charge in [0.1, 0.15) is 0 Å². The lowest BCUT2D eigenvalue weighted by Crippen LogP contribution is -2.42. The van der Waals surface area contributed by atoms with Crippen molar-refractivity contribution in [1.82, 2.24) is 0 Å². The molecule has 0 amide bonds. The lowest BCUT2D eigenvalue weighted by molar-refractivity contribution is -0.0656. The second-order valence-corrected chi connectivity index (χ2v) is 26.7. The Kier molecular flexibility index (Phi) is 17.5. The summed E-state index contributed by atoms with van der Waals surface area (Å²) >= 11 is 0. The number of ether oxygens (including phenoxy) is 1. The molecular weight excluding hydrogens is 641 g/mol. The number of hydrogen-bond donors (Lipinski definition) is 0. The Morgan fingerprint density at radius 3 is 0.849 bits per heavy atom. The van der Waals surface area contributed by atoms with Crippen LogP contribution in [0.2, 0.25) is 0 Å². The first kappa shape index (κ1) is 50.5. The van der Waals surface area contributed by atoms with Gasteiger partial charge in [0.2, 0.25) is 0 Å². The maximum absolute atomic E-state index is 5.63. The van der Waals surface area contributed by atoms with E-state index in [0.717, 1.165) is 54.6 Å². The average molecular weight is 741 g/mol. The van der Waals surface area contributed by atoms with Crippen LogP contribution >= 0.6 is 0 Å². The van der Waals surface area contributed by atoms with E-state index in [1.807, 2.05) is 0 Å². The van der Waals surface area contributed by atoms with E-state index in [1.165, 1.54) is 38.5 Å². The van der Waals surface area contributed by atoms with Gasteiger partial charge in [0.15, 0.2) is 0 Å². The Morgan fingerprint density at radius 2 is 0.623 bits per heavy atom. The van der Waals surface area contributed by atoms with Gasteiger partial charge >= 0.3 is 0 Å². The zero-order valence-electron chi connectivity index (χ0n) is 41.0. The van der Waals surface area contributed by atoms with E-state index in [9.17, 15) is 0 Å². The lowest BCUT2D eigenvalue weighted by Gasteiger charge is -2.46. The van der Waals surface area contributed by atoms with Crippen molar-refractivity contribution in [1.29, 1.82) is 0 Å². The van der Waals surface area contributed by atoms with Gasteiger partial charge in [-0.1, -0.05) is 197 Å². The molecule has 1 heteroatoms. The Labute approximate surface area is 336 Å². The van der Waals surface area contributed by atoms with E-state index in [2.05, 4.69) is 190 Å². The Morgan fingerprint density at radius 1 is 0.340 bits per heavy atom. The minimum atomic E-state index is 0.373. The van der Waals surface area contributed by atoms with Gasteiger partial charge < -0.3 is 4.74 Å². The predicted octanol–water partition coefficient (Wildman–Crippen LogP) is 16.8. The van der Waals surface area contributed by atoms with Crippen molar-refractivity contribution in [3.8, 4) is 0 Å². The lowest BCUT2D eigenvalue weighted by atomic mass is 9.63. The second-order valence-electron chi connectivity index (χ2n) is 26.7. The first-order valence-electron chi connectivity index (χ1n) is 22.3. The Balaban J connectivity index is 0.000000354. The molecule has 8 atom stereocenters. The molecule has 0 N–H and O–H groups in total. The highest BCUT2D eigenvalue weighted by molar-refractivity contribution is 5.09. The fraction of sp³-hybridized carbons (Fsp3) is 0.923. The molecule has 2 fully saturated rings. The maximum atomic E-state index is 5.63. The van der Waals surface area contributed by atoms with E-state index in [4.69, 9.17) is 4.74 Å². The van der Waals surface area contributed by atoms with Crippen LogP contribution in [0.4, 0.5) is 0 Å². The molecule has 1 aliphatic heterocycles. The highest BCUT2D eigenvalue weighted by Gasteiger charge is 2.43. The SMILES string of the molecule is CC(C)(C)C1C=CCC1C(C)(C)C.CC(C)(C)C1C=CCC1C(C)(C)C.CC(C)(C)C1CCCC1C(C)(C)C.CC(C)(C)C1CCOCC1C(C)(C)C. The molecule has 0 aromatic carbocycles. The fourth-order valence-corrected chi connectivity index (χ4v) is 10.5. The molecule has 3 aliphatic carbocycles. The second kappa shape index (κ2) is 18.4. The van der Waals surface area contributed by atoms with E-state index in [0.29, 0.717) is 49.2 Å². The molecule has 0 radical (unpaired) electrons. The molecule has 1 heterocycles. The molecular formula is C52H100O. The molecule has 0 bridgehead atoms. The summed E-state index contributed by atoms with van der Waals surface area (Å²) in [5.74, 6) is 6.55. The van der Waals surface area contributed by atoms with Gasteiger partial charge in [0.25, 0.3) is 0 Å². The smallest absolute Gasteiger partial charge is 0.0502 e. The van der Waals surface area contributed by atoms with Gasteiger partial charge in [-0.15, -0.1) is 0 Å². The van der Waals surface area contributed by atoms with Crippen molar-refractivity contribution < 1.29 is 4.74 Å². The number of hydrogen-bond acceptors (Lipinski definition) is 1. The third kappa shape index (κ3) is 16.1. The van der Waals surface area contributed by atoms with Crippen LogP contribution in [0.1, 0.15) is 205 Å². The van der Waals surface area contributed by atoms with Crippen LogP contribution in [0.5, 0.6) is 0 Å². The van der Waals surface area contributed by atoms with Crippen LogP contribution in [0, 0.1) is 90.7 Å². The topological polar surface area (TPSA) is 9.23 Å². The number of allylic oxidation sites excluding steroid dienone is 4. The average Bonchev–Trinajstić information content (AvgIpc) is 3.72. The van der Waals surface area contributed by atoms with Gasteiger partial charge in [0.05, 0.1) is 6.61 Å². The van der Waals surface area contributed by atoms with Gasteiger partial charge in [0, 0.05) is 6.61 Å². The summed E-state index contributed by atoms with van der Waals surface area (Å²) in [5.41, 5.74) is 3.54. The highest BCUT2D eigenvalue weighted by atomic mass is 16.5. The van der Waals surface area contributed by atoms with Crippen molar-refractivity contribution in [3.05, 3.63) is 24.3 Å². The maximum Gasteiger partial charge on any atom is 0.0502 e. The summed E-state index contributed by atoms with van der Waals surface area (Å²) in [5, 5.41) is 0. The summed E-state index contributed by atoms with van der Waals surface area (Å²) < 4.78 is 5.63. The van der Waals surface area contributed by atoms with Crippen LogP contribution in [-0.4, -0.2) is 13.2 Å². The Bertz CT molecular complexity index is 993. The summed E-state index contributed by atoms with van der Waals surface area (Å²) in [6.07, 6.45) is 17.7. The quantitative estimate of drug-likeness (QED) is 0.225. The summed E-state index contributed by atoms with van der Waals surface area (Å²) in [6.45, 7) is 58.7. The molecule has 0 spiro atoms. The van der Waals surface area contributed by atoms with Crippen LogP contribution in [0.25, 0.3) is 0 Å². The third-order valence-electron chi connectivity index (χ3n) is 13.9. The first-order valence-corrected chi connectivity index (χ1v) is 22.3. The molecule has 4 aliphatic rings.